The highest BCUT2D eigenvalue weighted by Gasteiger charge is 2.39. The van der Waals surface area contributed by atoms with E-state index in [1.807, 2.05) is 31.2 Å². The Kier molecular flexibility index (Phi) is 5.50. The summed E-state index contributed by atoms with van der Waals surface area (Å²) in [6, 6.07) is 18.1. The van der Waals surface area contributed by atoms with E-state index in [1.165, 1.54) is 5.56 Å². The number of fused-ring (bicyclic) bond motifs is 3. The molecule has 3 aromatic carbocycles. The molecule has 37 heavy (non-hydrogen) atoms. The number of rotatable bonds is 3. The van der Waals surface area contributed by atoms with E-state index in [0.29, 0.717) is 27.9 Å². The van der Waals surface area contributed by atoms with Crippen molar-refractivity contribution in [2.24, 2.45) is 0 Å². The van der Waals surface area contributed by atoms with E-state index in [1.54, 1.807) is 6.07 Å². The van der Waals surface area contributed by atoms with Crippen LogP contribution in [0.1, 0.15) is 43.4 Å². The molecule has 0 saturated heterocycles. The van der Waals surface area contributed by atoms with Crippen LogP contribution in [-0.4, -0.2) is 21.3 Å². The number of benzene rings is 3. The molecule has 2 heterocycles. The Morgan fingerprint density at radius 3 is 2.54 bits per heavy atom. The number of halogens is 1. The van der Waals surface area contributed by atoms with E-state index in [2.05, 4.69) is 84.4 Å². The molecule has 4 aromatic rings. The predicted octanol–water partition coefficient (Wildman–Crippen LogP) is 8.10. The summed E-state index contributed by atoms with van der Waals surface area (Å²) in [4.78, 5) is 6.91. The lowest BCUT2D eigenvalue weighted by molar-refractivity contribution is 0.430. The Balaban J connectivity index is 1.54. The molecular formula is C31H28ClN3O2. The normalized spacial score (nSPS) is 18.2. The SMILES string of the molecule is Cc1cccc(Cl)c1-c1nc(-c2cc(C(C)(C)C)cc(N3c4ccccc4C4C=CC=CC43)c2O)no1. The van der Waals surface area contributed by atoms with Gasteiger partial charge in [0.15, 0.2) is 0 Å². The van der Waals surface area contributed by atoms with Crippen molar-refractivity contribution in [3.63, 3.8) is 0 Å². The van der Waals surface area contributed by atoms with E-state index < -0.39 is 0 Å². The van der Waals surface area contributed by atoms with Crippen molar-refractivity contribution in [2.75, 3.05) is 4.90 Å². The smallest absolute Gasteiger partial charge is 0.260 e. The molecule has 6 rings (SSSR count). The van der Waals surface area contributed by atoms with Gasteiger partial charge in [0.2, 0.25) is 5.82 Å². The fourth-order valence-corrected chi connectivity index (χ4v) is 5.62. The molecule has 1 aliphatic heterocycles. The Morgan fingerprint density at radius 2 is 1.76 bits per heavy atom. The molecule has 0 radical (unpaired) electrons. The number of allylic oxidation sites excluding steroid dienone is 2. The molecule has 186 valence electrons. The summed E-state index contributed by atoms with van der Waals surface area (Å²) < 4.78 is 5.66. The van der Waals surface area contributed by atoms with Gasteiger partial charge in [-0.3, -0.25) is 0 Å². The second-order valence-electron chi connectivity index (χ2n) is 10.7. The number of nitrogens with zero attached hydrogens (tertiary/aromatic N) is 3. The van der Waals surface area contributed by atoms with Crippen molar-refractivity contribution in [3.8, 4) is 28.6 Å². The average Bonchev–Trinajstić information content (AvgIpc) is 3.47. The van der Waals surface area contributed by atoms with Gasteiger partial charge in [0.1, 0.15) is 5.75 Å². The topological polar surface area (TPSA) is 62.4 Å². The van der Waals surface area contributed by atoms with Crippen LogP contribution in [0.25, 0.3) is 22.8 Å². The summed E-state index contributed by atoms with van der Waals surface area (Å²) in [6.45, 7) is 8.43. The summed E-state index contributed by atoms with van der Waals surface area (Å²) in [5.74, 6) is 0.978. The molecule has 6 heteroatoms. The maximum atomic E-state index is 11.8. The first-order valence-electron chi connectivity index (χ1n) is 12.4. The number of aromatic nitrogens is 2. The molecular weight excluding hydrogens is 482 g/mol. The molecule has 5 nitrogen and oxygen atoms in total. The lowest BCUT2D eigenvalue weighted by Crippen LogP contribution is -2.29. The third-order valence-electron chi connectivity index (χ3n) is 7.28. The lowest BCUT2D eigenvalue weighted by Gasteiger charge is -2.31. The first-order valence-corrected chi connectivity index (χ1v) is 12.8. The number of anilines is 2. The largest absolute Gasteiger partial charge is 0.505 e. The lowest BCUT2D eigenvalue weighted by atomic mass is 9.85. The Labute approximate surface area is 221 Å². The second kappa shape index (κ2) is 8.63. The van der Waals surface area contributed by atoms with Crippen LogP contribution in [0.5, 0.6) is 5.75 Å². The van der Waals surface area contributed by atoms with Crippen LogP contribution in [-0.2, 0) is 5.41 Å². The molecule has 1 N–H and O–H groups in total. The molecule has 2 atom stereocenters. The van der Waals surface area contributed by atoms with Crippen molar-refractivity contribution in [3.05, 3.63) is 101 Å². The second-order valence-corrected chi connectivity index (χ2v) is 11.1. The van der Waals surface area contributed by atoms with Crippen LogP contribution in [0.15, 0.2) is 83.4 Å². The zero-order chi connectivity index (χ0) is 25.9. The van der Waals surface area contributed by atoms with Crippen molar-refractivity contribution < 1.29 is 9.63 Å². The maximum absolute atomic E-state index is 11.8. The zero-order valence-corrected chi connectivity index (χ0v) is 22.0. The number of aromatic hydroxyl groups is 1. The number of phenolic OH excluding ortho intramolecular Hbond substituents is 1. The molecule has 0 fully saturated rings. The van der Waals surface area contributed by atoms with Gasteiger partial charge in [0.05, 0.1) is 27.9 Å². The van der Waals surface area contributed by atoms with Gasteiger partial charge in [0.25, 0.3) is 5.89 Å². The van der Waals surface area contributed by atoms with Gasteiger partial charge < -0.3 is 14.5 Å². The molecule has 2 unspecified atom stereocenters. The number of aryl methyl sites for hydroxylation is 1. The Hall–Kier alpha value is -3.83. The molecule has 0 amide bonds. The maximum Gasteiger partial charge on any atom is 0.260 e. The highest BCUT2D eigenvalue weighted by Crippen LogP contribution is 2.52. The van der Waals surface area contributed by atoms with Gasteiger partial charge in [-0.05, 0) is 53.3 Å². The minimum absolute atomic E-state index is 0.0583. The highest BCUT2D eigenvalue weighted by atomic mass is 35.5. The first-order chi connectivity index (χ1) is 17.7. The molecule has 0 saturated carbocycles. The van der Waals surface area contributed by atoms with Crippen molar-refractivity contribution in [1.82, 2.24) is 10.1 Å². The minimum Gasteiger partial charge on any atom is -0.505 e. The van der Waals surface area contributed by atoms with E-state index in [9.17, 15) is 5.11 Å². The standard InChI is InChI=1S/C31H28ClN3O2/c1-18-10-9-13-23(32)27(18)30-33-29(34-37-30)22-16-19(31(2,3)4)17-26(28(22)36)35-24-14-7-5-11-20(24)21-12-6-8-15-25(21)35/h5-17,20,24,36H,1-4H3. The molecule has 0 bridgehead atoms. The van der Waals surface area contributed by atoms with Crippen LogP contribution in [0.4, 0.5) is 11.4 Å². The third-order valence-corrected chi connectivity index (χ3v) is 7.59. The summed E-state index contributed by atoms with van der Waals surface area (Å²) >= 11 is 6.46. The third kappa shape index (κ3) is 3.85. The highest BCUT2D eigenvalue weighted by molar-refractivity contribution is 6.33. The Bertz CT molecular complexity index is 1560. The van der Waals surface area contributed by atoms with E-state index in [4.69, 9.17) is 16.1 Å². The van der Waals surface area contributed by atoms with Gasteiger partial charge in [-0.15, -0.1) is 0 Å². The van der Waals surface area contributed by atoms with Crippen LogP contribution in [0.3, 0.4) is 0 Å². The van der Waals surface area contributed by atoms with Gasteiger partial charge in [-0.2, -0.15) is 4.98 Å². The van der Waals surface area contributed by atoms with Crippen LogP contribution in [0, 0.1) is 6.92 Å². The number of hydrogen-bond donors (Lipinski definition) is 1. The van der Waals surface area contributed by atoms with Crippen LogP contribution >= 0.6 is 11.6 Å². The predicted molar refractivity (Wildman–Crippen MR) is 149 cm³/mol. The number of hydrogen-bond acceptors (Lipinski definition) is 5. The van der Waals surface area contributed by atoms with Gasteiger partial charge in [0, 0.05) is 11.6 Å². The monoisotopic (exact) mass is 509 g/mol. The fraction of sp³-hybridized carbons (Fsp3) is 0.226. The van der Waals surface area contributed by atoms with Gasteiger partial charge >= 0.3 is 0 Å². The summed E-state index contributed by atoms with van der Waals surface area (Å²) in [6.07, 6.45) is 8.59. The molecule has 2 aliphatic rings. The first kappa shape index (κ1) is 23.6. The van der Waals surface area contributed by atoms with Crippen LogP contribution in [0.2, 0.25) is 5.02 Å². The summed E-state index contributed by atoms with van der Waals surface area (Å²) in [5, 5.41) is 16.6. The van der Waals surface area contributed by atoms with Crippen molar-refractivity contribution in [2.45, 2.75) is 45.1 Å². The minimum atomic E-state index is -0.177. The molecule has 0 spiro atoms. The van der Waals surface area contributed by atoms with E-state index >= 15 is 0 Å². The van der Waals surface area contributed by atoms with Gasteiger partial charge in [-0.25, -0.2) is 0 Å². The van der Waals surface area contributed by atoms with E-state index in [-0.39, 0.29) is 23.1 Å². The van der Waals surface area contributed by atoms with Gasteiger partial charge in [-0.1, -0.05) is 92.2 Å². The summed E-state index contributed by atoms with van der Waals surface area (Å²) in [5.41, 5.74) is 6.10. The van der Waals surface area contributed by atoms with Crippen LogP contribution < -0.4 is 4.90 Å². The number of para-hydroxylation sites is 1. The summed E-state index contributed by atoms with van der Waals surface area (Å²) in [7, 11) is 0. The van der Waals surface area contributed by atoms with E-state index in [0.717, 1.165) is 22.5 Å². The quantitative estimate of drug-likeness (QED) is 0.302. The fourth-order valence-electron chi connectivity index (χ4n) is 5.31. The molecule has 1 aromatic heterocycles. The average molecular weight is 510 g/mol. The van der Waals surface area contributed by atoms with Crippen molar-refractivity contribution >= 4 is 23.0 Å². The van der Waals surface area contributed by atoms with Crippen molar-refractivity contribution in [1.29, 1.82) is 0 Å². The number of phenols is 1. The molecule has 1 aliphatic carbocycles. The zero-order valence-electron chi connectivity index (χ0n) is 21.2. The Morgan fingerprint density at radius 1 is 0.973 bits per heavy atom.